The van der Waals surface area contributed by atoms with E-state index in [1.165, 1.54) is 11.0 Å². The highest BCUT2D eigenvalue weighted by Gasteiger charge is 2.53. The molecular weight excluding hydrogens is 450 g/mol. The second-order valence-corrected chi connectivity index (χ2v) is 10.3. The number of piperidine rings is 1. The summed E-state index contributed by atoms with van der Waals surface area (Å²) in [5.41, 5.74) is -0.712. The maximum atomic E-state index is 13.3. The van der Waals surface area contributed by atoms with E-state index in [0.717, 1.165) is 11.3 Å². The number of benzene rings is 1. The van der Waals surface area contributed by atoms with Gasteiger partial charge in [-0.3, -0.25) is 19.3 Å². The van der Waals surface area contributed by atoms with Crippen LogP contribution in [0.2, 0.25) is 0 Å². The molecule has 2 fully saturated rings. The zero-order valence-electron chi connectivity index (χ0n) is 20.8. The number of nitrogens with zero attached hydrogens (tertiary/aromatic N) is 2. The first-order chi connectivity index (χ1) is 16.5. The smallest absolute Gasteiger partial charge is 0.325 e. The van der Waals surface area contributed by atoms with Crippen LogP contribution in [0.1, 0.15) is 45.6 Å². The number of urea groups is 1. The van der Waals surface area contributed by atoms with Crippen LogP contribution in [-0.4, -0.2) is 71.3 Å². The number of ether oxygens (including phenoxy) is 2. The molecule has 188 valence electrons. The highest BCUT2D eigenvalue weighted by Crippen LogP contribution is 2.34. The van der Waals surface area contributed by atoms with Crippen LogP contribution in [0, 0.1) is 5.92 Å². The van der Waals surface area contributed by atoms with Crippen LogP contribution in [0.5, 0.6) is 5.75 Å². The van der Waals surface area contributed by atoms with Gasteiger partial charge in [0.15, 0.2) is 11.5 Å². The largest absolute Gasteiger partial charge is 0.497 e. The Morgan fingerprint density at radius 3 is 2.37 bits per heavy atom. The molecule has 1 atom stereocenters. The Kier molecular flexibility index (Phi) is 6.62. The van der Waals surface area contributed by atoms with Crippen molar-refractivity contribution in [3.05, 3.63) is 41.7 Å². The Morgan fingerprint density at radius 1 is 1.11 bits per heavy atom. The van der Waals surface area contributed by atoms with E-state index in [1.54, 1.807) is 32.8 Å². The Morgan fingerprint density at radius 2 is 1.77 bits per heavy atom. The molecule has 1 N–H and O–H groups in total. The molecular formula is C26H33N3O6. The lowest BCUT2D eigenvalue weighted by Crippen LogP contribution is -2.54. The van der Waals surface area contributed by atoms with Gasteiger partial charge in [0.2, 0.25) is 0 Å². The highest BCUT2D eigenvalue weighted by molar-refractivity contribution is 6.07. The van der Waals surface area contributed by atoms with Gasteiger partial charge < -0.3 is 19.7 Å². The molecule has 0 radical (unpaired) electrons. The van der Waals surface area contributed by atoms with Crippen LogP contribution in [-0.2, 0) is 25.5 Å². The molecule has 0 aromatic heterocycles. The van der Waals surface area contributed by atoms with E-state index in [2.05, 4.69) is 5.32 Å². The van der Waals surface area contributed by atoms with Crippen molar-refractivity contribution in [3.8, 4) is 5.75 Å². The van der Waals surface area contributed by atoms with E-state index < -0.39 is 11.1 Å². The molecule has 0 unspecified atom stereocenters. The molecule has 0 saturated carbocycles. The maximum absolute atomic E-state index is 13.3. The lowest BCUT2D eigenvalue weighted by atomic mass is 9.79. The fourth-order valence-corrected chi connectivity index (χ4v) is 5.13. The molecule has 4 rings (SSSR count). The molecule has 4 amide bonds. The van der Waals surface area contributed by atoms with Crippen molar-refractivity contribution >= 4 is 23.6 Å². The van der Waals surface area contributed by atoms with Gasteiger partial charge in [-0.05, 0) is 63.6 Å². The number of likely N-dealkylation sites (tertiary alicyclic amines) is 1. The molecule has 0 aliphatic carbocycles. The number of ketones is 1. The van der Waals surface area contributed by atoms with E-state index >= 15 is 0 Å². The average molecular weight is 484 g/mol. The van der Waals surface area contributed by atoms with Crippen LogP contribution in [0.4, 0.5) is 4.79 Å². The number of amides is 4. The van der Waals surface area contributed by atoms with Gasteiger partial charge in [-0.25, -0.2) is 4.79 Å². The fraction of sp³-hybridized carbons (Fsp3) is 0.538. The molecule has 1 aromatic carbocycles. The molecule has 0 spiro atoms. The number of hydrogen-bond acceptors (Lipinski definition) is 6. The normalized spacial score (nSPS) is 24.7. The molecule has 3 aliphatic rings. The summed E-state index contributed by atoms with van der Waals surface area (Å²) in [7, 11) is 1.60. The van der Waals surface area contributed by atoms with Crippen molar-refractivity contribution in [1.29, 1.82) is 0 Å². The molecule has 1 aromatic rings. The number of nitrogens with one attached hydrogen (secondary N) is 1. The second kappa shape index (κ2) is 9.36. The zero-order valence-corrected chi connectivity index (χ0v) is 20.8. The quantitative estimate of drug-likeness (QED) is 0.623. The number of hydrogen-bond donors (Lipinski definition) is 1. The monoisotopic (exact) mass is 483 g/mol. The van der Waals surface area contributed by atoms with E-state index in [0.29, 0.717) is 38.9 Å². The van der Waals surface area contributed by atoms with Crippen molar-refractivity contribution in [2.45, 2.75) is 57.6 Å². The van der Waals surface area contributed by atoms with E-state index in [9.17, 15) is 19.2 Å². The Balaban J connectivity index is 1.35. The van der Waals surface area contributed by atoms with Crippen LogP contribution in [0.25, 0.3) is 0 Å². The molecule has 9 nitrogen and oxygen atoms in total. The van der Waals surface area contributed by atoms with Crippen LogP contribution >= 0.6 is 0 Å². The minimum Gasteiger partial charge on any atom is -0.497 e. The highest BCUT2D eigenvalue weighted by atomic mass is 16.5. The summed E-state index contributed by atoms with van der Waals surface area (Å²) >= 11 is 0. The molecule has 3 heterocycles. The SMILES string of the molecule is COc1ccc(CCN2C(=O)N[C@](C)(C3CCN(C(=O)C4=CC(=O)CC(C)(C)O4)CC3)C2=O)cc1. The van der Waals surface area contributed by atoms with Crippen molar-refractivity contribution in [2.75, 3.05) is 26.7 Å². The molecule has 2 saturated heterocycles. The van der Waals surface area contributed by atoms with Gasteiger partial charge >= 0.3 is 6.03 Å². The van der Waals surface area contributed by atoms with Crippen molar-refractivity contribution in [2.24, 2.45) is 5.92 Å². The van der Waals surface area contributed by atoms with Crippen LogP contribution in [0.15, 0.2) is 36.1 Å². The van der Waals surface area contributed by atoms with E-state index in [-0.39, 0.29) is 41.7 Å². The van der Waals surface area contributed by atoms with Gasteiger partial charge in [-0.15, -0.1) is 0 Å². The van der Waals surface area contributed by atoms with Crippen molar-refractivity contribution in [3.63, 3.8) is 0 Å². The summed E-state index contributed by atoms with van der Waals surface area (Å²) in [6.07, 6.45) is 3.19. The number of allylic oxidation sites excluding steroid dienone is 1. The van der Waals surface area contributed by atoms with Gasteiger partial charge in [0, 0.05) is 32.1 Å². The minimum absolute atomic E-state index is 0.0749. The molecule has 9 heteroatoms. The number of imide groups is 1. The van der Waals surface area contributed by atoms with E-state index in [1.807, 2.05) is 24.3 Å². The fourth-order valence-electron chi connectivity index (χ4n) is 5.13. The second-order valence-electron chi connectivity index (χ2n) is 10.3. The van der Waals surface area contributed by atoms with Crippen LogP contribution in [0.3, 0.4) is 0 Å². The third kappa shape index (κ3) is 5.04. The molecule has 35 heavy (non-hydrogen) atoms. The number of carbonyl (C=O) groups is 4. The zero-order chi connectivity index (χ0) is 25.4. The number of carbonyl (C=O) groups excluding carboxylic acids is 4. The topological polar surface area (TPSA) is 105 Å². The number of methoxy groups -OCH3 is 1. The maximum Gasteiger partial charge on any atom is 0.325 e. The number of rotatable bonds is 6. The van der Waals surface area contributed by atoms with Crippen molar-refractivity contribution < 1.29 is 28.7 Å². The predicted octanol–water partition coefficient (Wildman–Crippen LogP) is 2.44. The standard InChI is InChI=1S/C26H33N3O6/c1-25(2)16-19(30)15-21(35-25)22(31)28-12-10-18(11-13-28)26(3)23(32)29(24(33)27-26)14-9-17-5-7-20(34-4)8-6-17/h5-8,15,18H,9-14,16H2,1-4H3,(H,27,33)/t26-/m1/s1. The van der Waals surface area contributed by atoms with Crippen molar-refractivity contribution in [1.82, 2.24) is 15.1 Å². The molecule has 0 bridgehead atoms. The average Bonchev–Trinajstić information content (AvgIpc) is 3.04. The first-order valence-electron chi connectivity index (χ1n) is 12.0. The Bertz CT molecular complexity index is 1060. The van der Waals surface area contributed by atoms with Crippen LogP contribution < -0.4 is 10.1 Å². The summed E-state index contributed by atoms with van der Waals surface area (Å²) in [5.74, 6) is 0.0621. The lowest BCUT2D eigenvalue weighted by Gasteiger charge is -2.39. The molecule has 3 aliphatic heterocycles. The Labute approximate surface area is 205 Å². The summed E-state index contributed by atoms with van der Waals surface area (Å²) in [4.78, 5) is 53.9. The Hall–Kier alpha value is -3.36. The van der Waals surface area contributed by atoms with Gasteiger partial charge in [-0.2, -0.15) is 0 Å². The third-order valence-corrected chi connectivity index (χ3v) is 7.17. The summed E-state index contributed by atoms with van der Waals surface area (Å²) in [5, 5.41) is 2.91. The third-order valence-electron chi connectivity index (χ3n) is 7.17. The predicted molar refractivity (Wildman–Crippen MR) is 128 cm³/mol. The van der Waals surface area contributed by atoms with Gasteiger partial charge in [0.05, 0.1) is 7.11 Å². The summed E-state index contributed by atoms with van der Waals surface area (Å²) in [6.45, 7) is 6.48. The van der Waals surface area contributed by atoms with Gasteiger partial charge in [0.1, 0.15) is 16.9 Å². The van der Waals surface area contributed by atoms with Gasteiger partial charge in [0.25, 0.3) is 11.8 Å². The van der Waals surface area contributed by atoms with Gasteiger partial charge in [-0.1, -0.05) is 12.1 Å². The summed E-state index contributed by atoms with van der Waals surface area (Å²) in [6, 6.07) is 7.16. The summed E-state index contributed by atoms with van der Waals surface area (Å²) < 4.78 is 10.9. The minimum atomic E-state index is -1.01. The first kappa shape index (κ1) is 24.8. The van der Waals surface area contributed by atoms with E-state index in [4.69, 9.17) is 9.47 Å². The lowest BCUT2D eigenvalue weighted by molar-refractivity contribution is -0.140. The first-order valence-corrected chi connectivity index (χ1v) is 12.0.